The van der Waals surface area contributed by atoms with Gasteiger partial charge in [0.05, 0.1) is 7.11 Å². The molecule has 0 fully saturated rings. The van der Waals surface area contributed by atoms with Crippen molar-refractivity contribution in [3.8, 4) is 5.75 Å². The Morgan fingerprint density at radius 2 is 2.23 bits per heavy atom. The Morgan fingerprint density at radius 3 is 3.00 bits per heavy atom. The summed E-state index contributed by atoms with van der Waals surface area (Å²) in [6, 6.07) is 6.62. The number of methoxy groups -OCH3 is 1. The molecular formula is C11H15NO. The highest BCUT2D eigenvalue weighted by atomic mass is 16.5. The number of hydrogen-bond donors (Lipinski definition) is 1. The second kappa shape index (κ2) is 3.38. The molecule has 1 atom stereocenters. The molecule has 1 aliphatic rings. The molecule has 2 nitrogen and oxygen atoms in total. The highest BCUT2D eigenvalue weighted by molar-refractivity contribution is 5.37. The first kappa shape index (κ1) is 8.57. The number of fused-ring (bicyclic) bond motifs is 1. The fourth-order valence-corrected chi connectivity index (χ4v) is 1.89. The van der Waals surface area contributed by atoms with Crippen molar-refractivity contribution < 1.29 is 4.74 Å². The molecule has 0 spiro atoms. The summed E-state index contributed by atoms with van der Waals surface area (Å²) in [4.78, 5) is 0. The summed E-state index contributed by atoms with van der Waals surface area (Å²) in [7, 11) is 1.70. The van der Waals surface area contributed by atoms with Crippen molar-refractivity contribution in [3.05, 3.63) is 29.3 Å². The van der Waals surface area contributed by atoms with Crippen molar-refractivity contribution in [3.63, 3.8) is 0 Å². The Labute approximate surface area is 78.7 Å². The number of nitrogens with two attached hydrogens (primary N) is 1. The van der Waals surface area contributed by atoms with Crippen molar-refractivity contribution in [1.82, 2.24) is 0 Å². The molecule has 0 radical (unpaired) electrons. The van der Waals surface area contributed by atoms with Gasteiger partial charge in [-0.2, -0.15) is 0 Å². The van der Waals surface area contributed by atoms with Gasteiger partial charge in [-0.05, 0) is 42.5 Å². The minimum Gasteiger partial charge on any atom is -0.497 e. The minimum absolute atomic E-state index is 0.348. The summed E-state index contributed by atoms with van der Waals surface area (Å²) in [6.07, 6.45) is 3.20. The van der Waals surface area contributed by atoms with Gasteiger partial charge >= 0.3 is 0 Å². The number of rotatable bonds is 1. The van der Waals surface area contributed by atoms with Gasteiger partial charge in [-0.15, -0.1) is 0 Å². The summed E-state index contributed by atoms with van der Waals surface area (Å²) in [5.41, 5.74) is 8.68. The van der Waals surface area contributed by atoms with Crippen LogP contribution in [0.4, 0.5) is 0 Å². The zero-order valence-corrected chi connectivity index (χ0v) is 7.92. The molecule has 2 heteroatoms. The zero-order chi connectivity index (χ0) is 9.26. The van der Waals surface area contributed by atoms with Crippen molar-refractivity contribution in [2.45, 2.75) is 25.3 Å². The van der Waals surface area contributed by atoms with Crippen molar-refractivity contribution >= 4 is 0 Å². The van der Waals surface area contributed by atoms with Crippen LogP contribution in [0.5, 0.6) is 5.75 Å². The van der Waals surface area contributed by atoms with Crippen LogP contribution in [0.25, 0.3) is 0 Å². The van der Waals surface area contributed by atoms with Crippen molar-refractivity contribution in [1.29, 1.82) is 0 Å². The molecule has 0 aliphatic heterocycles. The highest BCUT2D eigenvalue weighted by Gasteiger charge is 2.15. The molecular weight excluding hydrogens is 162 g/mol. The standard InChI is InChI=1S/C11H15NO/c1-13-11-5-3-8-6-10(12)4-2-9(8)7-11/h3,5,7,10H,2,4,6,12H2,1H3/t10-/m1/s1. The molecule has 0 unspecified atom stereocenters. The van der Waals surface area contributed by atoms with Crippen LogP contribution in [0.15, 0.2) is 18.2 Å². The molecule has 2 rings (SSSR count). The predicted molar refractivity (Wildman–Crippen MR) is 53.0 cm³/mol. The van der Waals surface area contributed by atoms with E-state index in [9.17, 15) is 0 Å². The van der Waals surface area contributed by atoms with Gasteiger partial charge in [-0.1, -0.05) is 6.07 Å². The maximum Gasteiger partial charge on any atom is 0.119 e. The van der Waals surface area contributed by atoms with Crippen LogP contribution in [-0.4, -0.2) is 13.2 Å². The first-order valence-electron chi connectivity index (χ1n) is 4.71. The van der Waals surface area contributed by atoms with E-state index in [1.807, 2.05) is 6.07 Å². The van der Waals surface area contributed by atoms with Crippen LogP contribution in [-0.2, 0) is 12.8 Å². The quantitative estimate of drug-likeness (QED) is 0.705. The van der Waals surface area contributed by atoms with E-state index in [-0.39, 0.29) is 0 Å². The summed E-state index contributed by atoms with van der Waals surface area (Å²) in [5.74, 6) is 0.953. The van der Waals surface area contributed by atoms with E-state index < -0.39 is 0 Å². The minimum atomic E-state index is 0.348. The summed E-state index contributed by atoms with van der Waals surface area (Å²) >= 11 is 0. The van der Waals surface area contributed by atoms with E-state index in [0.717, 1.165) is 25.0 Å². The van der Waals surface area contributed by atoms with Gasteiger partial charge in [0.2, 0.25) is 0 Å². The van der Waals surface area contributed by atoms with Crippen LogP contribution >= 0.6 is 0 Å². The first-order chi connectivity index (χ1) is 6.29. The second-order valence-electron chi connectivity index (χ2n) is 3.64. The van der Waals surface area contributed by atoms with Crippen LogP contribution in [0.2, 0.25) is 0 Å². The normalized spacial score (nSPS) is 20.9. The topological polar surface area (TPSA) is 35.2 Å². The molecule has 1 aromatic carbocycles. The molecule has 0 saturated carbocycles. The van der Waals surface area contributed by atoms with Gasteiger partial charge < -0.3 is 10.5 Å². The molecule has 0 saturated heterocycles. The molecule has 1 aliphatic carbocycles. The van der Waals surface area contributed by atoms with Gasteiger partial charge in [-0.25, -0.2) is 0 Å². The molecule has 0 bridgehead atoms. The van der Waals surface area contributed by atoms with E-state index in [4.69, 9.17) is 10.5 Å². The first-order valence-corrected chi connectivity index (χ1v) is 4.71. The van der Waals surface area contributed by atoms with E-state index in [1.54, 1.807) is 7.11 Å². The fourth-order valence-electron chi connectivity index (χ4n) is 1.89. The van der Waals surface area contributed by atoms with Gasteiger partial charge in [0.15, 0.2) is 0 Å². The smallest absolute Gasteiger partial charge is 0.119 e. The lowest BCUT2D eigenvalue weighted by molar-refractivity contribution is 0.413. The van der Waals surface area contributed by atoms with Crippen LogP contribution in [0.1, 0.15) is 17.5 Å². The maximum absolute atomic E-state index is 5.89. The molecule has 13 heavy (non-hydrogen) atoms. The third kappa shape index (κ3) is 1.68. The van der Waals surface area contributed by atoms with E-state index in [0.29, 0.717) is 6.04 Å². The van der Waals surface area contributed by atoms with E-state index in [1.165, 1.54) is 11.1 Å². The lowest BCUT2D eigenvalue weighted by Crippen LogP contribution is -2.27. The number of benzene rings is 1. The van der Waals surface area contributed by atoms with Gasteiger partial charge in [0, 0.05) is 6.04 Å². The number of hydrogen-bond acceptors (Lipinski definition) is 2. The third-order valence-electron chi connectivity index (χ3n) is 2.68. The predicted octanol–water partition coefficient (Wildman–Crippen LogP) is 1.51. The molecule has 70 valence electrons. The molecule has 1 aromatic rings. The monoisotopic (exact) mass is 177 g/mol. The second-order valence-corrected chi connectivity index (χ2v) is 3.64. The largest absolute Gasteiger partial charge is 0.497 e. The Balaban J connectivity index is 2.31. The third-order valence-corrected chi connectivity index (χ3v) is 2.68. The van der Waals surface area contributed by atoms with E-state index >= 15 is 0 Å². The number of ether oxygens (including phenoxy) is 1. The summed E-state index contributed by atoms with van der Waals surface area (Å²) < 4.78 is 5.18. The maximum atomic E-state index is 5.89. The molecule has 0 heterocycles. The van der Waals surface area contributed by atoms with Gasteiger partial charge in [0.25, 0.3) is 0 Å². The average molecular weight is 177 g/mol. The Hall–Kier alpha value is -1.02. The fraction of sp³-hybridized carbons (Fsp3) is 0.455. The van der Waals surface area contributed by atoms with Gasteiger partial charge in [-0.3, -0.25) is 0 Å². The van der Waals surface area contributed by atoms with Crippen LogP contribution in [0.3, 0.4) is 0 Å². The van der Waals surface area contributed by atoms with Crippen LogP contribution in [0, 0.1) is 0 Å². The van der Waals surface area contributed by atoms with E-state index in [2.05, 4.69) is 12.1 Å². The summed E-state index contributed by atoms with van der Waals surface area (Å²) in [5, 5.41) is 0. The van der Waals surface area contributed by atoms with Crippen molar-refractivity contribution in [2.75, 3.05) is 7.11 Å². The Bertz CT molecular complexity index is 309. The highest BCUT2D eigenvalue weighted by Crippen LogP contribution is 2.24. The lowest BCUT2D eigenvalue weighted by Gasteiger charge is -2.21. The SMILES string of the molecule is COc1ccc2c(c1)CC[C@@H](N)C2. The Morgan fingerprint density at radius 1 is 1.38 bits per heavy atom. The Kier molecular flexibility index (Phi) is 2.23. The molecule has 0 aromatic heterocycles. The molecule has 2 N–H and O–H groups in total. The van der Waals surface area contributed by atoms with Crippen molar-refractivity contribution in [2.24, 2.45) is 5.73 Å². The van der Waals surface area contributed by atoms with Gasteiger partial charge in [0.1, 0.15) is 5.75 Å². The average Bonchev–Trinajstić information content (AvgIpc) is 2.17. The number of aryl methyl sites for hydroxylation is 1. The molecule has 0 amide bonds. The lowest BCUT2D eigenvalue weighted by atomic mass is 9.89. The van der Waals surface area contributed by atoms with Crippen LogP contribution < -0.4 is 10.5 Å². The zero-order valence-electron chi connectivity index (χ0n) is 7.92. The summed E-state index contributed by atoms with van der Waals surface area (Å²) in [6.45, 7) is 0.